The second kappa shape index (κ2) is 8.14. The van der Waals surface area contributed by atoms with Crippen molar-refractivity contribution in [1.29, 1.82) is 0 Å². The first-order chi connectivity index (χ1) is 11.7. The molecular weight excluding hydrogens is 318 g/mol. The smallest absolute Gasteiger partial charge is 0.307 e. The minimum atomic E-state index is -0.841. The molecular formula is C20H25NO4. The van der Waals surface area contributed by atoms with Gasteiger partial charge >= 0.3 is 5.97 Å². The van der Waals surface area contributed by atoms with Crippen molar-refractivity contribution in [2.24, 2.45) is 0 Å². The number of hydrogen-bond donors (Lipinski definition) is 4. The normalized spacial score (nSPS) is 12.8. The van der Waals surface area contributed by atoms with E-state index in [4.69, 9.17) is 5.11 Å². The molecule has 1 atom stereocenters. The van der Waals surface area contributed by atoms with Crippen molar-refractivity contribution in [3.63, 3.8) is 0 Å². The van der Waals surface area contributed by atoms with Crippen LogP contribution in [0.4, 0.5) is 0 Å². The Bertz CT molecular complexity index is 710. The molecule has 0 aromatic heterocycles. The molecule has 134 valence electrons. The zero-order valence-electron chi connectivity index (χ0n) is 14.6. The number of aromatic hydroxyl groups is 1. The molecule has 0 aliphatic rings. The van der Waals surface area contributed by atoms with Gasteiger partial charge in [0.1, 0.15) is 5.75 Å². The Morgan fingerprint density at radius 1 is 1.12 bits per heavy atom. The summed E-state index contributed by atoms with van der Waals surface area (Å²) in [6, 6.07) is 14.1. The van der Waals surface area contributed by atoms with Crippen LogP contribution in [0.3, 0.4) is 0 Å². The van der Waals surface area contributed by atoms with Gasteiger partial charge in [-0.15, -0.1) is 0 Å². The van der Waals surface area contributed by atoms with Crippen LogP contribution in [0.15, 0.2) is 48.5 Å². The Labute approximate surface area is 148 Å². The van der Waals surface area contributed by atoms with Gasteiger partial charge in [-0.3, -0.25) is 4.79 Å². The van der Waals surface area contributed by atoms with Crippen LogP contribution in [0.2, 0.25) is 0 Å². The zero-order chi connectivity index (χ0) is 18.4. The van der Waals surface area contributed by atoms with E-state index in [1.54, 1.807) is 24.3 Å². The summed E-state index contributed by atoms with van der Waals surface area (Å²) in [5.41, 5.74) is 2.31. The molecule has 2 aromatic rings. The molecule has 5 heteroatoms. The SMILES string of the molecule is CC(C)(Cc1cccc(CC(=O)O)c1)NCC(O)c1ccc(O)cc1. The lowest BCUT2D eigenvalue weighted by atomic mass is 9.93. The lowest BCUT2D eigenvalue weighted by Crippen LogP contribution is -2.43. The number of phenols is 1. The van der Waals surface area contributed by atoms with Crippen LogP contribution >= 0.6 is 0 Å². The van der Waals surface area contributed by atoms with E-state index in [0.29, 0.717) is 13.0 Å². The van der Waals surface area contributed by atoms with E-state index in [0.717, 1.165) is 16.7 Å². The standard InChI is InChI=1S/C20H25NO4/c1-20(2,12-15-5-3-4-14(10-15)11-19(24)25)21-13-18(23)16-6-8-17(22)9-7-16/h3-10,18,21-23H,11-13H2,1-2H3,(H,24,25). The highest BCUT2D eigenvalue weighted by Gasteiger charge is 2.20. The van der Waals surface area contributed by atoms with Gasteiger partial charge in [-0.1, -0.05) is 36.4 Å². The number of β-amino-alcohol motifs (C(OH)–C–C–N with tert-alkyl or cyclic N) is 1. The molecule has 0 heterocycles. The molecule has 0 bridgehead atoms. The molecule has 5 nitrogen and oxygen atoms in total. The maximum Gasteiger partial charge on any atom is 0.307 e. The van der Waals surface area contributed by atoms with E-state index < -0.39 is 12.1 Å². The van der Waals surface area contributed by atoms with Crippen LogP contribution in [-0.4, -0.2) is 33.4 Å². The molecule has 0 spiro atoms. The number of phenolic OH excluding ortho intramolecular Hbond substituents is 1. The molecule has 1 unspecified atom stereocenters. The summed E-state index contributed by atoms with van der Waals surface area (Å²) in [6.07, 6.45) is 0.0579. The Balaban J connectivity index is 1.94. The molecule has 4 N–H and O–H groups in total. The number of benzene rings is 2. The minimum Gasteiger partial charge on any atom is -0.508 e. The largest absolute Gasteiger partial charge is 0.508 e. The van der Waals surface area contributed by atoms with Crippen LogP contribution in [0.1, 0.15) is 36.6 Å². The molecule has 0 aliphatic heterocycles. The lowest BCUT2D eigenvalue weighted by molar-refractivity contribution is -0.136. The zero-order valence-corrected chi connectivity index (χ0v) is 14.6. The molecule has 25 heavy (non-hydrogen) atoms. The van der Waals surface area contributed by atoms with Crippen molar-refractivity contribution >= 4 is 5.97 Å². The molecule has 0 fully saturated rings. The summed E-state index contributed by atoms with van der Waals surface area (Å²) in [4.78, 5) is 10.8. The summed E-state index contributed by atoms with van der Waals surface area (Å²) in [5, 5.41) is 31.8. The van der Waals surface area contributed by atoms with Crippen molar-refractivity contribution in [2.75, 3.05) is 6.54 Å². The Hall–Kier alpha value is -2.37. The molecule has 2 aromatic carbocycles. The highest BCUT2D eigenvalue weighted by atomic mass is 16.4. The highest BCUT2D eigenvalue weighted by Crippen LogP contribution is 2.19. The number of carboxylic acids is 1. The average molecular weight is 343 g/mol. The third-order valence-corrected chi connectivity index (χ3v) is 4.04. The molecule has 0 saturated heterocycles. The summed E-state index contributed by atoms with van der Waals surface area (Å²) < 4.78 is 0. The average Bonchev–Trinajstić information content (AvgIpc) is 2.52. The number of hydrogen-bond acceptors (Lipinski definition) is 4. The first-order valence-electron chi connectivity index (χ1n) is 8.27. The summed E-state index contributed by atoms with van der Waals surface area (Å²) in [6.45, 7) is 4.47. The number of aliphatic hydroxyl groups excluding tert-OH is 1. The van der Waals surface area contributed by atoms with Gasteiger partial charge in [-0.25, -0.2) is 0 Å². The maximum atomic E-state index is 10.8. The number of carboxylic acid groups (broad SMARTS) is 1. The van der Waals surface area contributed by atoms with E-state index in [1.165, 1.54) is 0 Å². The van der Waals surface area contributed by atoms with Gasteiger partial charge in [0.2, 0.25) is 0 Å². The summed E-state index contributed by atoms with van der Waals surface area (Å²) in [7, 11) is 0. The Morgan fingerprint density at radius 3 is 2.40 bits per heavy atom. The second-order valence-corrected chi connectivity index (χ2v) is 6.94. The van der Waals surface area contributed by atoms with E-state index >= 15 is 0 Å². The predicted molar refractivity (Wildman–Crippen MR) is 96.6 cm³/mol. The van der Waals surface area contributed by atoms with Gasteiger partial charge in [0, 0.05) is 12.1 Å². The first-order valence-corrected chi connectivity index (χ1v) is 8.27. The molecule has 2 rings (SSSR count). The summed E-state index contributed by atoms with van der Waals surface area (Å²) >= 11 is 0. The minimum absolute atomic E-state index is 0.0151. The monoisotopic (exact) mass is 343 g/mol. The number of aliphatic carboxylic acids is 1. The lowest BCUT2D eigenvalue weighted by Gasteiger charge is -2.28. The quantitative estimate of drug-likeness (QED) is 0.592. The third kappa shape index (κ3) is 6.21. The van der Waals surface area contributed by atoms with Gasteiger partial charge < -0.3 is 20.6 Å². The first kappa shape index (κ1) is 19.0. The third-order valence-electron chi connectivity index (χ3n) is 4.04. The van der Waals surface area contributed by atoms with E-state index in [-0.39, 0.29) is 17.7 Å². The fourth-order valence-electron chi connectivity index (χ4n) is 2.78. The Kier molecular flexibility index (Phi) is 6.17. The van der Waals surface area contributed by atoms with Gasteiger partial charge in [-0.2, -0.15) is 0 Å². The van der Waals surface area contributed by atoms with E-state index in [1.807, 2.05) is 38.1 Å². The highest BCUT2D eigenvalue weighted by molar-refractivity contribution is 5.70. The predicted octanol–water partition coefficient (Wildman–Crippen LogP) is 2.66. The van der Waals surface area contributed by atoms with Crippen LogP contribution in [0.5, 0.6) is 5.75 Å². The fourth-order valence-corrected chi connectivity index (χ4v) is 2.78. The van der Waals surface area contributed by atoms with Crippen molar-refractivity contribution in [3.8, 4) is 5.75 Å². The van der Waals surface area contributed by atoms with Crippen LogP contribution < -0.4 is 5.32 Å². The fraction of sp³-hybridized carbons (Fsp3) is 0.350. The van der Waals surface area contributed by atoms with E-state index in [9.17, 15) is 15.0 Å². The summed E-state index contributed by atoms with van der Waals surface area (Å²) in [5.74, 6) is -0.669. The molecule has 0 radical (unpaired) electrons. The number of aliphatic hydroxyl groups is 1. The van der Waals surface area contributed by atoms with E-state index in [2.05, 4.69) is 5.32 Å². The Morgan fingerprint density at radius 2 is 1.76 bits per heavy atom. The van der Waals surface area contributed by atoms with Crippen molar-refractivity contribution in [1.82, 2.24) is 5.32 Å². The van der Waals surface area contributed by atoms with Crippen molar-refractivity contribution in [3.05, 3.63) is 65.2 Å². The van der Waals surface area contributed by atoms with Crippen molar-refractivity contribution in [2.45, 2.75) is 38.3 Å². The topological polar surface area (TPSA) is 89.8 Å². The van der Waals surface area contributed by atoms with Gasteiger partial charge in [0.25, 0.3) is 0 Å². The number of nitrogens with one attached hydrogen (secondary N) is 1. The van der Waals surface area contributed by atoms with Gasteiger partial charge in [0.15, 0.2) is 0 Å². The molecule has 0 aliphatic carbocycles. The van der Waals surface area contributed by atoms with Crippen LogP contribution in [0.25, 0.3) is 0 Å². The van der Waals surface area contributed by atoms with Crippen molar-refractivity contribution < 1.29 is 20.1 Å². The number of rotatable bonds is 8. The van der Waals surface area contributed by atoms with Gasteiger partial charge in [0.05, 0.1) is 12.5 Å². The van der Waals surface area contributed by atoms with Crippen LogP contribution in [0, 0.1) is 0 Å². The number of carbonyl (C=O) groups is 1. The second-order valence-electron chi connectivity index (χ2n) is 6.94. The van der Waals surface area contributed by atoms with Crippen LogP contribution in [-0.2, 0) is 17.6 Å². The molecule has 0 saturated carbocycles. The van der Waals surface area contributed by atoms with Gasteiger partial charge in [-0.05, 0) is 49.1 Å². The maximum absolute atomic E-state index is 10.8. The molecule has 0 amide bonds.